The number of halogens is 3. The molecule has 0 fully saturated rings. The molecule has 1 amide bonds. The number of carbonyl (C=O) groups is 1. The summed E-state index contributed by atoms with van der Waals surface area (Å²) in [7, 11) is 1.83. The highest BCUT2D eigenvalue weighted by atomic mass is 127. The summed E-state index contributed by atoms with van der Waals surface area (Å²) < 4.78 is 33.8. The zero-order valence-electron chi connectivity index (χ0n) is 13.3. The van der Waals surface area contributed by atoms with Gasteiger partial charge in [-0.15, -0.1) is 0 Å². The van der Waals surface area contributed by atoms with Crippen LogP contribution < -0.4 is 10.4 Å². The van der Waals surface area contributed by atoms with E-state index in [2.05, 4.69) is 27.6 Å². The lowest BCUT2D eigenvalue weighted by molar-refractivity contribution is 0.0544. The summed E-state index contributed by atoms with van der Waals surface area (Å²) in [4.78, 5) is 17.6. The first kappa shape index (κ1) is 18.0. The summed E-state index contributed by atoms with van der Waals surface area (Å²) in [6, 6.07) is 1.66. The van der Waals surface area contributed by atoms with Crippen molar-refractivity contribution >= 4 is 53.3 Å². The first-order valence-corrected chi connectivity index (χ1v) is 8.08. The molecule has 0 radical (unpaired) electrons. The third-order valence-corrected chi connectivity index (χ3v) is 3.70. The van der Waals surface area contributed by atoms with Crippen molar-refractivity contribution in [2.24, 2.45) is 0 Å². The highest BCUT2D eigenvalue weighted by Crippen LogP contribution is 2.24. The van der Waals surface area contributed by atoms with Gasteiger partial charge in [0.1, 0.15) is 17.1 Å². The van der Waals surface area contributed by atoms with E-state index < -0.39 is 24.7 Å². The molecule has 0 bridgehead atoms. The molecule has 0 saturated heterocycles. The van der Waals surface area contributed by atoms with Gasteiger partial charge in [-0.25, -0.2) is 18.6 Å². The van der Waals surface area contributed by atoms with Crippen LogP contribution in [0, 0.1) is 3.70 Å². The van der Waals surface area contributed by atoms with Crippen LogP contribution in [0.5, 0.6) is 0 Å². The van der Waals surface area contributed by atoms with Crippen LogP contribution in [0.3, 0.4) is 0 Å². The molecule has 0 aliphatic rings. The van der Waals surface area contributed by atoms with Gasteiger partial charge in [-0.1, -0.05) is 5.46 Å². The quantitative estimate of drug-likeness (QED) is 0.549. The summed E-state index contributed by atoms with van der Waals surface area (Å²) in [5, 5.41) is 0. The molecular formula is C14H17BF2IN3O2. The third-order valence-electron chi connectivity index (χ3n) is 2.90. The van der Waals surface area contributed by atoms with Gasteiger partial charge in [0.2, 0.25) is 0 Å². The van der Waals surface area contributed by atoms with Gasteiger partial charge in [-0.2, -0.15) is 0 Å². The molecule has 0 atom stereocenters. The monoisotopic (exact) mass is 435 g/mol. The highest BCUT2D eigenvalue weighted by molar-refractivity contribution is 14.1. The van der Waals surface area contributed by atoms with Crippen molar-refractivity contribution < 1.29 is 18.3 Å². The van der Waals surface area contributed by atoms with Gasteiger partial charge in [0, 0.05) is 6.20 Å². The summed E-state index contributed by atoms with van der Waals surface area (Å²) in [5.74, 6) is 0. The molecule has 0 aliphatic carbocycles. The molecular weight excluding hydrogens is 418 g/mol. The summed E-state index contributed by atoms with van der Waals surface area (Å²) in [5.41, 5.74) is 0.793. The number of nitrogens with zero attached hydrogens (tertiary/aromatic N) is 3. The lowest BCUT2D eigenvalue weighted by Gasteiger charge is -2.27. The summed E-state index contributed by atoms with van der Waals surface area (Å²) in [6.45, 7) is 4.32. The minimum absolute atomic E-state index is 0.308. The van der Waals surface area contributed by atoms with Crippen molar-refractivity contribution in [3.63, 3.8) is 0 Å². The standard InChI is InChI=1S/C14H17BF2IN3O2/c1-14(2,3)23-13(22)20(7-10(16)17)9-4-8(15)6-21-11(18)5-19-12(9)21/h4-6,10H,7,15H2,1-3H3. The van der Waals surface area contributed by atoms with Gasteiger partial charge in [-0.3, -0.25) is 9.30 Å². The van der Waals surface area contributed by atoms with Crippen LogP contribution in [-0.2, 0) is 4.74 Å². The molecule has 0 aliphatic heterocycles. The normalized spacial score (nSPS) is 12.0. The van der Waals surface area contributed by atoms with E-state index >= 15 is 0 Å². The van der Waals surface area contributed by atoms with E-state index in [4.69, 9.17) is 4.74 Å². The number of anilines is 1. The second kappa shape index (κ2) is 6.62. The molecule has 2 heterocycles. The predicted molar refractivity (Wildman–Crippen MR) is 95.7 cm³/mol. The molecule has 0 aromatic carbocycles. The van der Waals surface area contributed by atoms with Gasteiger partial charge in [-0.05, 0) is 49.4 Å². The molecule has 23 heavy (non-hydrogen) atoms. The van der Waals surface area contributed by atoms with E-state index in [1.165, 1.54) is 0 Å². The Morgan fingerprint density at radius 3 is 2.74 bits per heavy atom. The third kappa shape index (κ3) is 4.33. The number of pyridine rings is 1. The van der Waals surface area contributed by atoms with Crippen LogP contribution in [0.4, 0.5) is 19.3 Å². The number of amides is 1. The molecule has 124 valence electrons. The maximum absolute atomic E-state index is 13.0. The highest BCUT2D eigenvalue weighted by Gasteiger charge is 2.28. The summed E-state index contributed by atoms with van der Waals surface area (Å²) >= 11 is 2.09. The molecule has 5 nitrogen and oxygen atoms in total. The molecule has 0 unspecified atom stereocenters. The van der Waals surface area contributed by atoms with Crippen LogP contribution >= 0.6 is 22.6 Å². The lowest BCUT2D eigenvalue weighted by Crippen LogP contribution is -2.40. The molecule has 2 aromatic heterocycles. The van der Waals surface area contributed by atoms with Gasteiger partial charge in [0.15, 0.2) is 5.65 Å². The van der Waals surface area contributed by atoms with Crippen LogP contribution in [0.25, 0.3) is 5.65 Å². The Morgan fingerprint density at radius 1 is 1.52 bits per heavy atom. The van der Waals surface area contributed by atoms with Crippen molar-refractivity contribution in [2.45, 2.75) is 32.8 Å². The van der Waals surface area contributed by atoms with Crippen molar-refractivity contribution in [3.05, 3.63) is 22.2 Å². The van der Waals surface area contributed by atoms with Gasteiger partial charge >= 0.3 is 6.09 Å². The van der Waals surface area contributed by atoms with Gasteiger partial charge in [0.05, 0.1) is 18.4 Å². The molecule has 0 saturated carbocycles. The van der Waals surface area contributed by atoms with Gasteiger partial charge < -0.3 is 4.74 Å². The maximum Gasteiger partial charge on any atom is 0.415 e. The van der Waals surface area contributed by atoms with Crippen LogP contribution in [0.1, 0.15) is 20.8 Å². The van der Waals surface area contributed by atoms with E-state index in [-0.39, 0.29) is 0 Å². The summed E-state index contributed by atoms with van der Waals surface area (Å²) in [6.07, 6.45) is -0.0435. The predicted octanol–water partition coefficient (Wildman–Crippen LogP) is 2.20. The molecule has 0 spiro atoms. The molecule has 2 rings (SSSR count). The van der Waals surface area contributed by atoms with E-state index in [1.807, 2.05) is 14.0 Å². The Balaban J connectivity index is 2.53. The number of hydrogen-bond donors (Lipinski definition) is 0. The van der Waals surface area contributed by atoms with Crippen LogP contribution in [-0.4, -0.2) is 41.9 Å². The Kier molecular flexibility index (Phi) is 5.17. The van der Waals surface area contributed by atoms with E-state index in [9.17, 15) is 13.6 Å². The van der Waals surface area contributed by atoms with Gasteiger partial charge in [0.25, 0.3) is 6.43 Å². The SMILES string of the molecule is Bc1cc(N(CC(F)F)C(=O)OC(C)(C)C)c2ncc(I)n2c1. The maximum atomic E-state index is 13.0. The number of hydrogen-bond acceptors (Lipinski definition) is 3. The number of aromatic nitrogens is 2. The Bertz CT molecular complexity index is 731. The average molecular weight is 435 g/mol. The Hall–Kier alpha value is -1.39. The fourth-order valence-corrected chi connectivity index (χ4v) is 2.61. The number of carbonyl (C=O) groups excluding carboxylic acids is 1. The second-order valence-corrected chi connectivity index (χ2v) is 7.26. The number of rotatable bonds is 3. The number of fused-ring (bicyclic) bond motifs is 1. The molecule has 2 aromatic rings. The number of ether oxygens (including phenoxy) is 1. The Morgan fingerprint density at radius 2 is 2.17 bits per heavy atom. The topological polar surface area (TPSA) is 46.8 Å². The second-order valence-electron chi connectivity index (χ2n) is 6.16. The number of alkyl halides is 2. The fourth-order valence-electron chi connectivity index (χ4n) is 2.10. The van der Waals surface area contributed by atoms with Crippen molar-refractivity contribution in [2.75, 3.05) is 11.4 Å². The minimum atomic E-state index is -2.68. The Labute approximate surface area is 147 Å². The largest absolute Gasteiger partial charge is 0.443 e. The molecule has 0 N–H and O–H groups in total. The van der Waals surface area contributed by atoms with Crippen LogP contribution in [0.15, 0.2) is 18.5 Å². The van der Waals surface area contributed by atoms with Crippen LogP contribution in [0.2, 0.25) is 0 Å². The van der Waals surface area contributed by atoms with Crippen molar-refractivity contribution in [3.8, 4) is 0 Å². The minimum Gasteiger partial charge on any atom is -0.443 e. The smallest absolute Gasteiger partial charge is 0.415 e. The zero-order chi connectivity index (χ0) is 17.4. The molecule has 9 heteroatoms. The van der Waals surface area contributed by atoms with E-state index in [1.54, 1.807) is 37.4 Å². The average Bonchev–Trinajstić information content (AvgIpc) is 2.75. The van der Waals surface area contributed by atoms with E-state index in [0.717, 1.165) is 14.1 Å². The first-order chi connectivity index (χ1) is 10.6. The fraction of sp³-hybridized carbons (Fsp3) is 0.429. The lowest BCUT2D eigenvalue weighted by atomic mass is 9.98. The van der Waals surface area contributed by atoms with Crippen molar-refractivity contribution in [1.82, 2.24) is 9.38 Å². The van der Waals surface area contributed by atoms with E-state index in [0.29, 0.717) is 11.3 Å². The van der Waals surface area contributed by atoms with Crippen molar-refractivity contribution in [1.29, 1.82) is 0 Å². The first-order valence-electron chi connectivity index (χ1n) is 7.00. The zero-order valence-corrected chi connectivity index (χ0v) is 15.5. The number of imidazole rings is 1.